The molecule has 1 aliphatic heterocycles. The third kappa shape index (κ3) is 5.19. The van der Waals surface area contributed by atoms with Gasteiger partial charge in [-0.2, -0.15) is 0 Å². The predicted octanol–water partition coefficient (Wildman–Crippen LogP) is 5.24. The van der Waals surface area contributed by atoms with Crippen molar-refractivity contribution < 1.29 is 14.5 Å². The normalized spacial score (nSPS) is 15.7. The standard InChI is InChI=1S/C23H18N4O4S/c1-2-15-3-7-17(8-4-15)25-23-26-22(28)20(32-23)13-16-5-10-19(11-6-16)31-21-12-9-18(14-24-21)27(29)30/h3-14H,2H2,1H3,(H,25,26,28)/b20-13-. The van der Waals surface area contributed by atoms with Crippen LogP contribution in [-0.4, -0.2) is 21.0 Å². The van der Waals surface area contributed by atoms with Crippen LogP contribution in [0.2, 0.25) is 0 Å². The van der Waals surface area contributed by atoms with Crippen molar-refractivity contribution in [2.24, 2.45) is 4.99 Å². The van der Waals surface area contributed by atoms with Crippen LogP contribution in [0.4, 0.5) is 11.4 Å². The van der Waals surface area contributed by atoms with Gasteiger partial charge < -0.3 is 10.1 Å². The van der Waals surface area contributed by atoms with Gasteiger partial charge in [0.15, 0.2) is 5.17 Å². The average molecular weight is 446 g/mol. The van der Waals surface area contributed by atoms with Crippen LogP contribution in [-0.2, 0) is 11.2 Å². The number of aliphatic imine (C=N–C) groups is 1. The third-order valence-corrected chi connectivity index (χ3v) is 5.47. The molecule has 0 bridgehead atoms. The summed E-state index contributed by atoms with van der Waals surface area (Å²) in [5.41, 5.74) is 2.73. The zero-order chi connectivity index (χ0) is 22.5. The first kappa shape index (κ1) is 21.3. The van der Waals surface area contributed by atoms with Crippen LogP contribution in [0.5, 0.6) is 11.6 Å². The van der Waals surface area contributed by atoms with Crippen LogP contribution >= 0.6 is 11.8 Å². The molecular weight excluding hydrogens is 428 g/mol. The van der Waals surface area contributed by atoms with Crippen LogP contribution in [0.15, 0.2) is 76.8 Å². The largest absolute Gasteiger partial charge is 0.439 e. The quantitative estimate of drug-likeness (QED) is 0.315. The molecule has 8 nitrogen and oxygen atoms in total. The van der Waals surface area contributed by atoms with Crippen molar-refractivity contribution in [1.82, 2.24) is 10.3 Å². The number of carbonyl (C=O) groups excluding carboxylic acids is 1. The third-order valence-electron chi connectivity index (χ3n) is 4.56. The number of ether oxygens (including phenoxy) is 1. The zero-order valence-corrected chi connectivity index (χ0v) is 17.8. The van der Waals surface area contributed by atoms with E-state index in [1.807, 2.05) is 24.3 Å². The molecule has 0 aliphatic carbocycles. The van der Waals surface area contributed by atoms with E-state index in [-0.39, 0.29) is 17.5 Å². The molecule has 2 heterocycles. The number of nitrogens with zero attached hydrogens (tertiary/aromatic N) is 3. The molecule has 0 unspecified atom stereocenters. The number of nitrogens with one attached hydrogen (secondary N) is 1. The summed E-state index contributed by atoms with van der Waals surface area (Å²) in [7, 11) is 0. The number of thioether (sulfide) groups is 1. The fraction of sp³-hybridized carbons (Fsp3) is 0.0870. The van der Waals surface area contributed by atoms with Gasteiger partial charge in [0, 0.05) is 12.1 Å². The number of carbonyl (C=O) groups is 1. The Labute approximate surface area is 188 Å². The lowest BCUT2D eigenvalue weighted by atomic mass is 10.2. The van der Waals surface area contributed by atoms with E-state index in [1.165, 1.54) is 29.5 Å². The molecule has 1 aliphatic rings. The monoisotopic (exact) mass is 446 g/mol. The topological polar surface area (TPSA) is 107 Å². The number of hydrogen-bond acceptors (Lipinski definition) is 7. The van der Waals surface area contributed by atoms with E-state index in [0.717, 1.165) is 23.9 Å². The molecule has 4 rings (SSSR count). The predicted molar refractivity (Wildman–Crippen MR) is 124 cm³/mol. The number of rotatable bonds is 6. The lowest BCUT2D eigenvalue weighted by Gasteiger charge is -2.04. The van der Waals surface area contributed by atoms with Gasteiger partial charge in [-0.3, -0.25) is 14.9 Å². The summed E-state index contributed by atoms with van der Waals surface area (Å²) >= 11 is 1.28. The maximum Gasteiger partial charge on any atom is 0.287 e. The Bertz CT molecular complexity index is 1200. The molecule has 9 heteroatoms. The minimum Gasteiger partial charge on any atom is -0.439 e. The Morgan fingerprint density at radius 3 is 2.50 bits per heavy atom. The molecule has 0 atom stereocenters. The number of aryl methyl sites for hydroxylation is 1. The molecule has 160 valence electrons. The van der Waals surface area contributed by atoms with Gasteiger partial charge in [-0.15, -0.1) is 0 Å². The number of pyridine rings is 1. The molecule has 1 fully saturated rings. The average Bonchev–Trinajstić information content (AvgIpc) is 3.14. The highest BCUT2D eigenvalue weighted by molar-refractivity contribution is 8.18. The second-order valence-electron chi connectivity index (χ2n) is 6.78. The summed E-state index contributed by atoms with van der Waals surface area (Å²) in [5, 5.41) is 14.0. The summed E-state index contributed by atoms with van der Waals surface area (Å²) in [6.45, 7) is 2.09. The number of amidine groups is 1. The molecule has 1 amide bonds. The fourth-order valence-electron chi connectivity index (χ4n) is 2.85. The number of nitro groups is 1. The number of amides is 1. The Morgan fingerprint density at radius 2 is 1.88 bits per heavy atom. The van der Waals surface area contributed by atoms with E-state index in [0.29, 0.717) is 15.8 Å². The Morgan fingerprint density at radius 1 is 1.12 bits per heavy atom. The van der Waals surface area contributed by atoms with E-state index in [1.54, 1.807) is 30.3 Å². The summed E-state index contributed by atoms with van der Waals surface area (Å²) in [6, 6.07) is 17.7. The molecule has 2 aromatic carbocycles. The van der Waals surface area contributed by atoms with Crippen molar-refractivity contribution in [2.75, 3.05) is 0 Å². The van der Waals surface area contributed by atoms with Crippen LogP contribution in [0.3, 0.4) is 0 Å². The van der Waals surface area contributed by atoms with E-state index in [9.17, 15) is 14.9 Å². The molecule has 0 radical (unpaired) electrons. The first-order chi connectivity index (χ1) is 15.5. The Balaban J connectivity index is 1.42. The summed E-state index contributed by atoms with van der Waals surface area (Å²) in [6.07, 6.45) is 3.88. The number of benzene rings is 2. The van der Waals surface area contributed by atoms with Gasteiger partial charge in [0.05, 0.1) is 15.5 Å². The smallest absolute Gasteiger partial charge is 0.287 e. The molecule has 1 N–H and O–H groups in total. The highest BCUT2D eigenvalue weighted by Crippen LogP contribution is 2.29. The number of aromatic nitrogens is 1. The zero-order valence-electron chi connectivity index (χ0n) is 17.0. The van der Waals surface area contributed by atoms with Gasteiger partial charge in [-0.25, -0.2) is 9.98 Å². The summed E-state index contributed by atoms with van der Waals surface area (Å²) in [4.78, 5) is 31.4. The van der Waals surface area contributed by atoms with Gasteiger partial charge in [0.2, 0.25) is 5.88 Å². The number of hydrogen-bond donors (Lipinski definition) is 1. The second kappa shape index (κ2) is 9.44. The first-order valence-corrected chi connectivity index (χ1v) is 10.6. The minimum atomic E-state index is -0.519. The highest BCUT2D eigenvalue weighted by atomic mass is 32.2. The minimum absolute atomic E-state index is 0.104. The molecule has 3 aromatic rings. The van der Waals surface area contributed by atoms with E-state index in [2.05, 4.69) is 22.2 Å². The molecule has 1 aromatic heterocycles. The van der Waals surface area contributed by atoms with Crippen molar-refractivity contribution in [2.45, 2.75) is 13.3 Å². The lowest BCUT2D eigenvalue weighted by Crippen LogP contribution is -2.19. The Kier molecular flexibility index (Phi) is 6.27. The maximum atomic E-state index is 12.3. The van der Waals surface area contributed by atoms with Gasteiger partial charge >= 0.3 is 0 Å². The van der Waals surface area contributed by atoms with Crippen LogP contribution < -0.4 is 10.1 Å². The van der Waals surface area contributed by atoms with Gasteiger partial charge in [0.25, 0.3) is 11.6 Å². The van der Waals surface area contributed by atoms with Gasteiger partial charge in [0.1, 0.15) is 11.9 Å². The fourth-order valence-corrected chi connectivity index (χ4v) is 3.69. The molecular formula is C23H18N4O4S. The maximum absolute atomic E-state index is 12.3. The first-order valence-electron chi connectivity index (χ1n) is 9.77. The van der Waals surface area contributed by atoms with Crippen LogP contribution in [0.1, 0.15) is 18.1 Å². The lowest BCUT2D eigenvalue weighted by molar-refractivity contribution is -0.385. The molecule has 32 heavy (non-hydrogen) atoms. The van der Waals surface area contributed by atoms with E-state index < -0.39 is 4.92 Å². The molecule has 0 saturated carbocycles. The Hall–Kier alpha value is -3.98. The van der Waals surface area contributed by atoms with E-state index >= 15 is 0 Å². The van der Waals surface area contributed by atoms with Crippen molar-refractivity contribution in [3.63, 3.8) is 0 Å². The van der Waals surface area contributed by atoms with Gasteiger partial charge in [-0.1, -0.05) is 31.2 Å². The summed E-state index contributed by atoms with van der Waals surface area (Å²) in [5.74, 6) is 0.574. The van der Waals surface area contributed by atoms with Crippen molar-refractivity contribution in [3.8, 4) is 11.6 Å². The second-order valence-corrected chi connectivity index (χ2v) is 7.82. The SMILES string of the molecule is CCc1ccc(N=C2NC(=O)/C(=C/c3ccc(Oc4ccc([N+](=O)[O-])cn4)cc3)S2)cc1. The van der Waals surface area contributed by atoms with Gasteiger partial charge in [-0.05, 0) is 59.7 Å². The molecule has 1 saturated heterocycles. The van der Waals surface area contributed by atoms with Crippen molar-refractivity contribution in [1.29, 1.82) is 0 Å². The van der Waals surface area contributed by atoms with Crippen LogP contribution in [0, 0.1) is 10.1 Å². The molecule has 0 spiro atoms. The summed E-state index contributed by atoms with van der Waals surface area (Å²) < 4.78 is 5.60. The van der Waals surface area contributed by atoms with Crippen LogP contribution in [0.25, 0.3) is 6.08 Å². The highest BCUT2D eigenvalue weighted by Gasteiger charge is 2.23. The van der Waals surface area contributed by atoms with Crippen molar-refractivity contribution in [3.05, 3.63) is 93.0 Å². The van der Waals surface area contributed by atoms with E-state index in [4.69, 9.17) is 4.74 Å². The van der Waals surface area contributed by atoms with Crippen molar-refractivity contribution >= 4 is 40.3 Å².